The van der Waals surface area contributed by atoms with Crippen LogP contribution in [-0.2, 0) is 18.5 Å². The van der Waals surface area contributed by atoms with Crippen molar-refractivity contribution in [2.45, 2.75) is 30.6 Å². The number of aromatic nitrogens is 4. The van der Waals surface area contributed by atoms with Crippen LogP contribution in [0.1, 0.15) is 21.8 Å². The highest BCUT2D eigenvalue weighted by atomic mass is 35.5. The number of benzene rings is 1. The molecule has 0 atom stereocenters. The summed E-state index contributed by atoms with van der Waals surface area (Å²) in [5.41, 5.74) is 1.26. The van der Waals surface area contributed by atoms with E-state index in [-0.39, 0.29) is 10.7 Å². The summed E-state index contributed by atoms with van der Waals surface area (Å²) < 4.78 is 46.2. The number of pyridine rings is 1. The Morgan fingerprint density at radius 3 is 2.70 bits per heavy atom. The van der Waals surface area contributed by atoms with E-state index in [2.05, 4.69) is 15.2 Å². The van der Waals surface area contributed by atoms with Crippen LogP contribution in [0.25, 0.3) is 5.65 Å². The second kappa shape index (κ2) is 8.44. The molecule has 30 heavy (non-hydrogen) atoms. The van der Waals surface area contributed by atoms with Gasteiger partial charge in [-0.1, -0.05) is 41.1 Å². The molecule has 0 aliphatic rings. The van der Waals surface area contributed by atoms with Crippen LogP contribution >= 0.6 is 34.7 Å². The highest BCUT2D eigenvalue weighted by molar-refractivity contribution is 7.98. The first-order valence-electron chi connectivity index (χ1n) is 8.66. The molecule has 0 aliphatic heterocycles. The molecule has 0 radical (unpaired) electrons. The molecule has 0 aliphatic carbocycles. The number of ether oxygens (including phenoxy) is 1. The Kier molecular flexibility index (Phi) is 5.90. The van der Waals surface area contributed by atoms with Gasteiger partial charge in [0.05, 0.1) is 16.3 Å². The van der Waals surface area contributed by atoms with Crippen molar-refractivity contribution in [2.75, 3.05) is 0 Å². The summed E-state index contributed by atoms with van der Waals surface area (Å²) >= 11 is 8.63. The Morgan fingerprint density at radius 2 is 1.97 bits per heavy atom. The van der Waals surface area contributed by atoms with Crippen LogP contribution in [0, 0.1) is 6.92 Å². The standard InChI is InChI=1S/C19H14ClF3N4OS2/c1-11-2-4-14(5-3-11)28-8-16-24-13(9-29-16)10-30-18-26-25-17-15(20)6-12(7-27(17)18)19(21,22)23/h2-7,9H,8,10H2,1H3. The SMILES string of the molecule is Cc1ccc(OCc2nc(CSc3nnc4c(Cl)cc(C(F)(F)F)cn34)cs2)cc1. The molecule has 3 aromatic heterocycles. The quantitative estimate of drug-likeness (QED) is 0.322. The number of rotatable bonds is 6. The summed E-state index contributed by atoms with van der Waals surface area (Å²) in [6.07, 6.45) is -3.56. The van der Waals surface area contributed by atoms with Crippen LogP contribution in [0.4, 0.5) is 13.2 Å². The van der Waals surface area contributed by atoms with Gasteiger partial charge in [-0.3, -0.25) is 4.40 Å². The van der Waals surface area contributed by atoms with Crippen molar-refractivity contribution in [1.82, 2.24) is 19.6 Å². The first-order chi connectivity index (χ1) is 14.3. The van der Waals surface area contributed by atoms with Gasteiger partial charge in [-0.05, 0) is 25.1 Å². The predicted octanol–water partition coefficient (Wildman–Crippen LogP) is 6.04. The number of thiazole rings is 1. The number of halogens is 4. The number of hydrogen-bond acceptors (Lipinski definition) is 6. The molecule has 5 nitrogen and oxygen atoms in total. The van der Waals surface area contributed by atoms with Gasteiger partial charge in [-0.2, -0.15) is 13.2 Å². The fourth-order valence-corrected chi connectivity index (χ4v) is 4.45. The summed E-state index contributed by atoms with van der Waals surface area (Å²) in [4.78, 5) is 4.51. The third-order valence-electron chi connectivity index (χ3n) is 4.09. The first kappa shape index (κ1) is 21.0. The van der Waals surface area contributed by atoms with Gasteiger partial charge in [0.25, 0.3) is 0 Å². The van der Waals surface area contributed by atoms with Crippen LogP contribution < -0.4 is 4.74 Å². The Morgan fingerprint density at radius 1 is 1.20 bits per heavy atom. The van der Waals surface area contributed by atoms with Crippen LogP contribution in [0.2, 0.25) is 5.02 Å². The summed E-state index contributed by atoms with van der Waals surface area (Å²) in [5, 5.41) is 10.7. The van der Waals surface area contributed by atoms with Gasteiger partial charge in [0.2, 0.25) is 0 Å². The highest BCUT2D eigenvalue weighted by Crippen LogP contribution is 2.33. The zero-order valence-electron chi connectivity index (χ0n) is 15.5. The monoisotopic (exact) mass is 470 g/mol. The van der Waals surface area contributed by atoms with Gasteiger partial charge >= 0.3 is 6.18 Å². The van der Waals surface area contributed by atoms with Crippen molar-refractivity contribution >= 4 is 40.3 Å². The molecule has 0 amide bonds. The lowest BCUT2D eigenvalue weighted by molar-refractivity contribution is -0.137. The van der Waals surface area contributed by atoms with E-state index < -0.39 is 11.7 Å². The van der Waals surface area contributed by atoms with Crippen molar-refractivity contribution in [2.24, 2.45) is 0 Å². The summed E-state index contributed by atoms with van der Waals surface area (Å²) in [6, 6.07) is 8.59. The van der Waals surface area contributed by atoms with Crippen molar-refractivity contribution in [1.29, 1.82) is 0 Å². The van der Waals surface area contributed by atoms with Gasteiger partial charge in [0.1, 0.15) is 17.4 Å². The molecule has 4 rings (SSSR count). The zero-order chi connectivity index (χ0) is 21.3. The molecule has 0 fully saturated rings. The summed E-state index contributed by atoms with van der Waals surface area (Å²) in [5.74, 6) is 1.19. The maximum Gasteiger partial charge on any atom is 0.417 e. The van der Waals surface area contributed by atoms with Gasteiger partial charge in [0.15, 0.2) is 10.8 Å². The van der Waals surface area contributed by atoms with Crippen LogP contribution in [-0.4, -0.2) is 19.6 Å². The third-order valence-corrected chi connectivity index (χ3v) is 6.21. The van der Waals surface area contributed by atoms with E-state index >= 15 is 0 Å². The number of hydrogen-bond donors (Lipinski definition) is 0. The van der Waals surface area contributed by atoms with Crippen molar-refractivity contribution in [3.8, 4) is 5.75 Å². The maximum absolute atomic E-state index is 13.1. The number of alkyl halides is 3. The van der Waals surface area contributed by atoms with Crippen molar-refractivity contribution < 1.29 is 17.9 Å². The molecule has 0 saturated carbocycles. The van der Waals surface area contributed by atoms with Crippen molar-refractivity contribution in [3.63, 3.8) is 0 Å². The smallest absolute Gasteiger partial charge is 0.417 e. The third kappa shape index (κ3) is 4.71. The molecular formula is C19H14ClF3N4OS2. The first-order valence-corrected chi connectivity index (χ1v) is 10.9. The Hall–Kier alpha value is -2.30. The fraction of sp³-hybridized carbons (Fsp3) is 0.211. The highest BCUT2D eigenvalue weighted by Gasteiger charge is 2.32. The van der Waals surface area contributed by atoms with E-state index in [9.17, 15) is 13.2 Å². The topological polar surface area (TPSA) is 52.3 Å². The lowest BCUT2D eigenvalue weighted by Crippen LogP contribution is -2.07. The molecule has 0 spiro atoms. The van der Waals surface area contributed by atoms with E-state index in [1.807, 2.05) is 36.6 Å². The molecular weight excluding hydrogens is 457 g/mol. The molecule has 0 N–H and O–H groups in total. The van der Waals surface area contributed by atoms with E-state index in [0.29, 0.717) is 17.5 Å². The second-order valence-electron chi connectivity index (χ2n) is 6.37. The minimum absolute atomic E-state index is 0.103. The number of aryl methyl sites for hydroxylation is 1. The molecule has 0 bridgehead atoms. The number of thioether (sulfide) groups is 1. The van der Waals surface area contributed by atoms with Gasteiger partial charge in [0, 0.05) is 17.3 Å². The van der Waals surface area contributed by atoms with Gasteiger partial charge < -0.3 is 4.74 Å². The van der Waals surface area contributed by atoms with E-state index in [1.165, 1.54) is 27.5 Å². The molecule has 1 aromatic carbocycles. The summed E-state index contributed by atoms with van der Waals surface area (Å²) in [6.45, 7) is 2.35. The van der Waals surface area contributed by atoms with E-state index in [0.717, 1.165) is 34.3 Å². The average Bonchev–Trinajstić information content (AvgIpc) is 3.32. The number of fused-ring (bicyclic) bond motifs is 1. The average molecular weight is 471 g/mol. The van der Waals surface area contributed by atoms with Crippen LogP contribution in [0.15, 0.2) is 47.1 Å². The van der Waals surface area contributed by atoms with E-state index in [1.54, 1.807) is 0 Å². The lowest BCUT2D eigenvalue weighted by Gasteiger charge is -2.08. The molecule has 156 valence electrons. The Balaban J connectivity index is 1.43. The largest absolute Gasteiger partial charge is 0.486 e. The zero-order valence-corrected chi connectivity index (χ0v) is 17.9. The fourth-order valence-electron chi connectivity index (χ4n) is 2.59. The van der Waals surface area contributed by atoms with Gasteiger partial charge in [-0.25, -0.2) is 4.98 Å². The van der Waals surface area contributed by atoms with E-state index in [4.69, 9.17) is 16.3 Å². The maximum atomic E-state index is 13.1. The van der Waals surface area contributed by atoms with Gasteiger partial charge in [-0.15, -0.1) is 21.5 Å². The minimum atomic E-state index is -4.51. The Bertz CT molecular complexity index is 1170. The Labute approximate surface area is 182 Å². The normalized spacial score (nSPS) is 11.9. The van der Waals surface area contributed by atoms with Crippen molar-refractivity contribution in [3.05, 3.63) is 68.8 Å². The lowest BCUT2D eigenvalue weighted by atomic mass is 10.2. The van der Waals surface area contributed by atoms with Crippen LogP contribution in [0.3, 0.4) is 0 Å². The minimum Gasteiger partial charge on any atom is -0.486 e. The molecule has 0 unspecified atom stereocenters. The summed E-state index contributed by atoms with van der Waals surface area (Å²) in [7, 11) is 0. The molecule has 3 heterocycles. The predicted molar refractivity (Wildman–Crippen MR) is 110 cm³/mol. The number of nitrogens with zero attached hydrogens (tertiary/aromatic N) is 4. The molecule has 4 aromatic rings. The molecule has 0 saturated heterocycles. The molecule has 11 heteroatoms. The second-order valence-corrected chi connectivity index (χ2v) is 8.67. The van der Waals surface area contributed by atoms with Crippen LogP contribution in [0.5, 0.6) is 5.75 Å².